The fourth-order valence-electron chi connectivity index (χ4n) is 1.08. The monoisotopic (exact) mass is 294 g/mol. The first-order valence-corrected chi connectivity index (χ1v) is 5.03. The van der Waals surface area contributed by atoms with E-state index in [-0.39, 0.29) is 22.1 Å². The second-order valence-electron chi connectivity index (χ2n) is 2.59. The molecule has 0 radical (unpaired) electrons. The first-order valence-electron chi connectivity index (χ1n) is 3.86. The molecular weight excluding hydrogens is 287 g/mol. The molecule has 82 valence electrons. The molecule has 0 aromatic heterocycles. The summed E-state index contributed by atoms with van der Waals surface area (Å²) >= 11 is 8.89. The van der Waals surface area contributed by atoms with Crippen molar-refractivity contribution in [2.75, 3.05) is 14.2 Å². The molecule has 0 spiro atoms. The predicted molar refractivity (Wildman–Crippen MR) is 58.7 cm³/mol. The number of hydrogen-bond acceptors (Lipinski definition) is 4. The van der Waals surface area contributed by atoms with Crippen molar-refractivity contribution < 1.29 is 19.4 Å². The minimum atomic E-state index is -0.715. The van der Waals surface area contributed by atoms with Crippen molar-refractivity contribution in [2.45, 2.75) is 0 Å². The molecule has 4 nitrogen and oxygen atoms in total. The quantitative estimate of drug-likeness (QED) is 0.852. The van der Waals surface area contributed by atoms with Crippen LogP contribution in [-0.4, -0.2) is 25.3 Å². The van der Waals surface area contributed by atoms with Gasteiger partial charge in [-0.25, -0.2) is 4.79 Å². The van der Waals surface area contributed by atoms with Gasteiger partial charge in [0.05, 0.1) is 23.7 Å². The molecule has 0 amide bonds. The number of aromatic hydroxyl groups is 1. The van der Waals surface area contributed by atoms with E-state index < -0.39 is 5.97 Å². The van der Waals surface area contributed by atoms with Crippen LogP contribution in [0, 0.1) is 0 Å². The van der Waals surface area contributed by atoms with Gasteiger partial charge in [0, 0.05) is 0 Å². The molecule has 1 aromatic carbocycles. The molecule has 6 heteroatoms. The van der Waals surface area contributed by atoms with Crippen LogP contribution in [-0.2, 0) is 4.74 Å². The highest BCUT2D eigenvalue weighted by atomic mass is 79.9. The molecule has 0 aliphatic carbocycles. The fourth-order valence-corrected chi connectivity index (χ4v) is 1.92. The van der Waals surface area contributed by atoms with Gasteiger partial charge in [0.25, 0.3) is 0 Å². The standard InChI is InChI=1S/C9H8BrClO4/c1-14-8-5(11)3-4(10)7(12)6(8)9(13)15-2/h3,12H,1-2H3. The summed E-state index contributed by atoms with van der Waals surface area (Å²) in [6.07, 6.45) is 0. The van der Waals surface area contributed by atoms with Gasteiger partial charge in [-0.15, -0.1) is 0 Å². The Labute approximate surface area is 99.9 Å². The second kappa shape index (κ2) is 4.72. The fraction of sp³-hybridized carbons (Fsp3) is 0.222. The lowest BCUT2D eigenvalue weighted by molar-refractivity contribution is 0.0593. The van der Waals surface area contributed by atoms with Gasteiger partial charge in [-0.05, 0) is 22.0 Å². The molecule has 1 N–H and O–H groups in total. The van der Waals surface area contributed by atoms with Gasteiger partial charge in [0.1, 0.15) is 11.3 Å². The SMILES string of the molecule is COC(=O)c1c(O)c(Br)cc(Cl)c1OC. The van der Waals surface area contributed by atoms with Gasteiger partial charge < -0.3 is 14.6 Å². The predicted octanol–water partition coefficient (Wildman–Crippen LogP) is 2.60. The molecule has 0 saturated carbocycles. The van der Waals surface area contributed by atoms with E-state index in [1.165, 1.54) is 20.3 Å². The smallest absolute Gasteiger partial charge is 0.345 e. The Morgan fingerprint density at radius 3 is 2.60 bits per heavy atom. The Morgan fingerprint density at radius 1 is 1.53 bits per heavy atom. The summed E-state index contributed by atoms with van der Waals surface area (Å²) < 4.78 is 9.73. The van der Waals surface area contributed by atoms with Crippen LogP contribution in [0.25, 0.3) is 0 Å². The summed E-state index contributed by atoms with van der Waals surface area (Å²) in [6.45, 7) is 0. The summed E-state index contributed by atoms with van der Waals surface area (Å²) in [6, 6.07) is 1.43. The van der Waals surface area contributed by atoms with Crippen LogP contribution < -0.4 is 4.74 Å². The van der Waals surface area contributed by atoms with E-state index >= 15 is 0 Å². The molecule has 0 atom stereocenters. The van der Waals surface area contributed by atoms with Crippen molar-refractivity contribution in [1.82, 2.24) is 0 Å². The highest BCUT2D eigenvalue weighted by molar-refractivity contribution is 9.10. The molecule has 0 aliphatic heterocycles. The van der Waals surface area contributed by atoms with Crippen molar-refractivity contribution in [3.05, 3.63) is 21.1 Å². The molecule has 0 fully saturated rings. The van der Waals surface area contributed by atoms with Crippen LogP contribution in [0.15, 0.2) is 10.5 Å². The highest BCUT2D eigenvalue weighted by Gasteiger charge is 2.23. The summed E-state index contributed by atoms with van der Waals surface area (Å²) in [5.74, 6) is -0.889. The Morgan fingerprint density at radius 2 is 2.13 bits per heavy atom. The molecule has 0 aliphatic rings. The van der Waals surface area contributed by atoms with Crippen molar-refractivity contribution >= 4 is 33.5 Å². The van der Waals surface area contributed by atoms with Crippen molar-refractivity contribution in [3.63, 3.8) is 0 Å². The minimum Gasteiger partial charge on any atom is -0.506 e. The second-order valence-corrected chi connectivity index (χ2v) is 3.85. The molecule has 0 bridgehead atoms. The molecule has 1 aromatic rings. The van der Waals surface area contributed by atoms with E-state index in [2.05, 4.69) is 20.7 Å². The lowest BCUT2D eigenvalue weighted by Crippen LogP contribution is -2.05. The minimum absolute atomic E-state index is 0.0872. The Balaban J connectivity index is 3.50. The van der Waals surface area contributed by atoms with Crippen molar-refractivity contribution in [1.29, 1.82) is 0 Å². The number of hydrogen-bond donors (Lipinski definition) is 1. The van der Waals surface area contributed by atoms with Crippen LogP contribution in [0.2, 0.25) is 5.02 Å². The number of rotatable bonds is 2. The number of methoxy groups -OCH3 is 2. The maximum absolute atomic E-state index is 11.4. The third kappa shape index (κ3) is 2.18. The number of carbonyl (C=O) groups excluding carboxylic acids is 1. The van der Waals surface area contributed by atoms with E-state index in [0.717, 1.165) is 0 Å². The van der Waals surface area contributed by atoms with Gasteiger partial charge in [-0.3, -0.25) is 0 Å². The third-order valence-corrected chi connectivity index (χ3v) is 2.64. The average molecular weight is 296 g/mol. The number of phenols is 1. The van der Waals surface area contributed by atoms with Crippen LogP contribution in [0.4, 0.5) is 0 Å². The number of esters is 1. The zero-order valence-corrected chi connectivity index (χ0v) is 10.3. The zero-order chi connectivity index (χ0) is 11.6. The molecule has 15 heavy (non-hydrogen) atoms. The Hall–Kier alpha value is -0.940. The van der Waals surface area contributed by atoms with Gasteiger partial charge in [-0.1, -0.05) is 11.6 Å². The molecule has 1 rings (SSSR count). The number of carbonyl (C=O) groups is 1. The Kier molecular flexibility index (Phi) is 3.82. The van der Waals surface area contributed by atoms with Gasteiger partial charge in [-0.2, -0.15) is 0 Å². The summed E-state index contributed by atoms with van der Waals surface area (Å²) in [4.78, 5) is 11.4. The number of ether oxygens (including phenoxy) is 2. The summed E-state index contributed by atoms with van der Waals surface area (Å²) in [5.41, 5.74) is -0.0978. The summed E-state index contributed by atoms with van der Waals surface area (Å²) in [7, 11) is 2.55. The highest BCUT2D eigenvalue weighted by Crippen LogP contribution is 2.40. The van der Waals surface area contributed by atoms with Crippen LogP contribution in [0.3, 0.4) is 0 Å². The largest absolute Gasteiger partial charge is 0.506 e. The Bertz CT molecular complexity index is 406. The lowest BCUT2D eigenvalue weighted by Gasteiger charge is -2.11. The third-order valence-electron chi connectivity index (χ3n) is 1.75. The van der Waals surface area contributed by atoms with E-state index in [1.807, 2.05) is 0 Å². The van der Waals surface area contributed by atoms with Gasteiger partial charge in [0.2, 0.25) is 0 Å². The van der Waals surface area contributed by atoms with Crippen LogP contribution in [0.5, 0.6) is 11.5 Å². The maximum atomic E-state index is 11.4. The summed E-state index contributed by atoms with van der Waals surface area (Å²) in [5, 5.41) is 9.86. The first-order chi connectivity index (χ1) is 7.02. The normalized spacial score (nSPS) is 9.87. The van der Waals surface area contributed by atoms with Gasteiger partial charge in [0.15, 0.2) is 5.75 Å². The van der Waals surface area contributed by atoms with Crippen LogP contribution in [0.1, 0.15) is 10.4 Å². The lowest BCUT2D eigenvalue weighted by atomic mass is 10.2. The van der Waals surface area contributed by atoms with Crippen molar-refractivity contribution in [3.8, 4) is 11.5 Å². The van der Waals surface area contributed by atoms with E-state index in [1.54, 1.807) is 0 Å². The first kappa shape index (κ1) is 12.1. The van der Waals surface area contributed by atoms with E-state index in [4.69, 9.17) is 16.3 Å². The molecule has 0 saturated heterocycles. The van der Waals surface area contributed by atoms with Crippen molar-refractivity contribution in [2.24, 2.45) is 0 Å². The van der Waals surface area contributed by atoms with E-state index in [0.29, 0.717) is 4.47 Å². The van der Waals surface area contributed by atoms with Gasteiger partial charge >= 0.3 is 5.97 Å². The van der Waals surface area contributed by atoms with Crippen LogP contribution >= 0.6 is 27.5 Å². The maximum Gasteiger partial charge on any atom is 0.345 e. The zero-order valence-electron chi connectivity index (χ0n) is 8.01. The number of halogens is 2. The molecule has 0 heterocycles. The average Bonchev–Trinajstić information content (AvgIpc) is 2.21. The number of benzene rings is 1. The number of phenolic OH excluding ortho intramolecular Hbond substituents is 1. The topological polar surface area (TPSA) is 55.8 Å². The molecule has 0 unspecified atom stereocenters. The van der Waals surface area contributed by atoms with E-state index in [9.17, 15) is 9.90 Å². The molecular formula is C9H8BrClO4.